The highest BCUT2D eigenvalue weighted by Crippen LogP contribution is 2.60. The van der Waals surface area contributed by atoms with Gasteiger partial charge in [0.05, 0.1) is 25.2 Å². The molecule has 1 fully saturated rings. The van der Waals surface area contributed by atoms with Crippen molar-refractivity contribution in [1.29, 1.82) is 0 Å². The van der Waals surface area contributed by atoms with Crippen molar-refractivity contribution in [3.8, 4) is 23.8 Å². The van der Waals surface area contributed by atoms with Crippen LogP contribution in [0.1, 0.15) is 39.7 Å². The van der Waals surface area contributed by atoms with Crippen LogP contribution in [0, 0.1) is 24.2 Å². The molecule has 1 saturated heterocycles. The van der Waals surface area contributed by atoms with Crippen molar-refractivity contribution in [3.05, 3.63) is 94.5 Å². The predicted molar refractivity (Wildman–Crippen MR) is 130 cm³/mol. The van der Waals surface area contributed by atoms with E-state index in [0.29, 0.717) is 17.1 Å². The summed E-state index contributed by atoms with van der Waals surface area (Å²) in [7, 11) is 1.56. The molecular weight excluding hydrogens is 440 g/mol. The van der Waals surface area contributed by atoms with E-state index in [1.807, 2.05) is 24.3 Å². The number of amides is 2. The molecule has 1 heterocycles. The number of imide groups is 1. The largest absolute Gasteiger partial charge is 0.497 e. The van der Waals surface area contributed by atoms with Crippen molar-refractivity contribution >= 4 is 18.0 Å². The van der Waals surface area contributed by atoms with E-state index in [1.165, 1.54) is 6.21 Å². The Morgan fingerprint density at radius 1 is 0.914 bits per heavy atom. The van der Waals surface area contributed by atoms with E-state index in [4.69, 9.17) is 15.9 Å². The molecular formula is C29H22N2O4. The Hall–Kier alpha value is -4.37. The zero-order valence-corrected chi connectivity index (χ0v) is 19.0. The fraction of sp³-hybridized carbons (Fsp3) is 0.207. The molecule has 0 spiro atoms. The lowest BCUT2D eigenvalue weighted by Gasteiger charge is -2.45. The van der Waals surface area contributed by atoms with E-state index in [2.05, 4.69) is 35.3 Å². The maximum absolute atomic E-state index is 13.7. The van der Waals surface area contributed by atoms with Gasteiger partial charge < -0.3 is 9.47 Å². The maximum atomic E-state index is 13.7. The average Bonchev–Trinajstić information content (AvgIpc) is 3.16. The van der Waals surface area contributed by atoms with Crippen LogP contribution in [-0.4, -0.2) is 36.8 Å². The molecule has 0 radical (unpaired) electrons. The fourth-order valence-corrected chi connectivity index (χ4v) is 5.90. The first-order chi connectivity index (χ1) is 17.1. The monoisotopic (exact) mass is 462 g/mol. The third-order valence-electron chi connectivity index (χ3n) is 7.27. The number of hydrogen-bond acceptors (Lipinski definition) is 5. The van der Waals surface area contributed by atoms with Gasteiger partial charge in [0, 0.05) is 17.4 Å². The standard InChI is InChI=1S/C29H22N2O4/c1-3-14-35-23-13-12-18(34-2)15-17(23)16-30-31-28(32)26-24-19-8-4-5-9-20(19)25(27(26)29(31)33)22-11-7-6-10-21(22)24/h1,4-13,15-16,24-27H,14H2,2H3/b30-16-/t24?,25?,26-,27+. The molecule has 7 rings (SSSR count). The van der Waals surface area contributed by atoms with Gasteiger partial charge in [0.1, 0.15) is 18.1 Å². The van der Waals surface area contributed by atoms with E-state index >= 15 is 0 Å². The number of ether oxygens (including phenoxy) is 2. The van der Waals surface area contributed by atoms with E-state index in [0.717, 1.165) is 27.3 Å². The lowest BCUT2D eigenvalue weighted by Crippen LogP contribution is -2.41. The van der Waals surface area contributed by atoms with Crippen LogP contribution in [0.15, 0.2) is 71.8 Å². The molecule has 2 atom stereocenters. The van der Waals surface area contributed by atoms with Crippen LogP contribution < -0.4 is 9.47 Å². The van der Waals surface area contributed by atoms with Gasteiger partial charge in [-0.2, -0.15) is 10.1 Å². The SMILES string of the molecule is C#CCOc1ccc(OC)cc1/C=N\N1C(=O)[C@@H]2C3c4ccccc4C(c4ccccc43)[C@@H]2C1=O. The van der Waals surface area contributed by atoms with Crippen LogP contribution in [0.25, 0.3) is 0 Å². The van der Waals surface area contributed by atoms with Crippen molar-refractivity contribution in [3.63, 3.8) is 0 Å². The van der Waals surface area contributed by atoms with Gasteiger partial charge in [-0.15, -0.1) is 6.42 Å². The number of hydrogen-bond donors (Lipinski definition) is 0. The Bertz CT molecular complexity index is 1320. The van der Waals surface area contributed by atoms with Crippen molar-refractivity contribution in [2.24, 2.45) is 16.9 Å². The topological polar surface area (TPSA) is 68.2 Å². The minimum absolute atomic E-state index is 0.0821. The molecule has 4 aliphatic rings. The summed E-state index contributed by atoms with van der Waals surface area (Å²) in [5, 5.41) is 5.41. The van der Waals surface area contributed by atoms with Gasteiger partial charge in [-0.3, -0.25) is 9.59 Å². The third kappa shape index (κ3) is 3.08. The van der Waals surface area contributed by atoms with E-state index in [-0.39, 0.29) is 30.3 Å². The van der Waals surface area contributed by atoms with Crippen LogP contribution in [0.2, 0.25) is 0 Å². The van der Waals surface area contributed by atoms with Crippen LogP contribution in [0.3, 0.4) is 0 Å². The summed E-state index contributed by atoms with van der Waals surface area (Å²) in [5.41, 5.74) is 5.07. The first-order valence-corrected chi connectivity index (χ1v) is 11.5. The zero-order chi connectivity index (χ0) is 24.1. The van der Waals surface area contributed by atoms with Crippen molar-refractivity contribution in [2.75, 3.05) is 13.7 Å². The van der Waals surface area contributed by atoms with Crippen LogP contribution >= 0.6 is 0 Å². The number of terminal acetylenes is 1. The highest BCUT2D eigenvalue weighted by molar-refractivity contribution is 6.08. The molecule has 6 heteroatoms. The van der Waals surface area contributed by atoms with Crippen LogP contribution in [-0.2, 0) is 9.59 Å². The molecule has 0 aromatic heterocycles. The Balaban J connectivity index is 1.40. The first kappa shape index (κ1) is 21.2. The Morgan fingerprint density at radius 2 is 1.46 bits per heavy atom. The number of benzene rings is 3. The molecule has 35 heavy (non-hydrogen) atoms. The second kappa shape index (κ2) is 8.14. The summed E-state index contributed by atoms with van der Waals surface area (Å²) >= 11 is 0. The number of carbonyl (C=O) groups is 2. The second-order valence-electron chi connectivity index (χ2n) is 8.89. The number of hydrazone groups is 1. The van der Waals surface area contributed by atoms with Gasteiger partial charge in [-0.25, -0.2) is 0 Å². The minimum Gasteiger partial charge on any atom is -0.497 e. The smallest absolute Gasteiger partial charge is 0.254 e. The molecule has 0 unspecified atom stereocenters. The lowest BCUT2D eigenvalue weighted by molar-refractivity contribution is -0.139. The third-order valence-corrected chi connectivity index (χ3v) is 7.27. The van der Waals surface area contributed by atoms with Gasteiger partial charge in [0.2, 0.25) is 0 Å². The van der Waals surface area contributed by atoms with Crippen molar-refractivity contribution in [2.45, 2.75) is 11.8 Å². The quantitative estimate of drug-likeness (QED) is 0.327. The molecule has 3 aromatic carbocycles. The number of methoxy groups -OCH3 is 1. The van der Waals surface area contributed by atoms with Gasteiger partial charge >= 0.3 is 0 Å². The van der Waals surface area contributed by atoms with Crippen molar-refractivity contribution < 1.29 is 19.1 Å². The highest BCUT2D eigenvalue weighted by Gasteiger charge is 2.61. The minimum atomic E-state index is -0.475. The number of rotatable bonds is 5. The van der Waals surface area contributed by atoms with Gasteiger partial charge in [-0.05, 0) is 40.5 Å². The zero-order valence-electron chi connectivity index (χ0n) is 19.0. The van der Waals surface area contributed by atoms with Gasteiger partial charge in [0.15, 0.2) is 0 Å². The second-order valence-corrected chi connectivity index (χ2v) is 8.89. The van der Waals surface area contributed by atoms with Gasteiger partial charge in [0.25, 0.3) is 11.8 Å². The molecule has 3 aromatic rings. The Morgan fingerprint density at radius 3 is 1.94 bits per heavy atom. The normalized spacial score (nSPS) is 23.6. The molecule has 2 amide bonds. The number of carbonyl (C=O) groups excluding carboxylic acids is 2. The van der Waals surface area contributed by atoms with E-state index in [1.54, 1.807) is 25.3 Å². The summed E-state index contributed by atoms with van der Waals surface area (Å²) in [6, 6.07) is 21.5. The van der Waals surface area contributed by atoms with Crippen molar-refractivity contribution in [1.82, 2.24) is 5.01 Å². The summed E-state index contributed by atoms with van der Waals surface area (Å²) in [4.78, 5) is 27.3. The number of nitrogens with zero attached hydrogens (tertiary/aromatic N) is 2. The predicted octanol–water partition coefficient (Wildman–Crippen LogP) is 3.93. The van der Waals surface area contributed by atoms with Crippen LogP contribution in [0.5, 0.6) is 11.5 Å². The lowest BCUT2D eigenvalue weighted by atomic mass is 9.55. The molecule has 172 valence electrons. The molecule has 2 bridgehead atoms. The van der Waals surface area contributed by atoms with Gasteiger partial charge in [-0.1, -0.05) is 54.5 Å². The Kier molecular flexibility index (Phi) is 4.93. The van der Waals surface area contributed by atoms with E-state index < -0.39 is 11.8 Å². The summed E-state index contributed by atoms with van der Waals surface area (Å²) < 4.78 is 10.9. The maximum Gasteiger partial charge on any atom is 0.254 e. The Labute approximate surface area is 203 Å². The molecule has 0 saturated carbocycles. The van der Waals surface area contributed by atoms with E-state index in [9.17, 15) is 9.59 Å². The summed E-state index contributed by atoms with van der Waals surface area (Å²) in [5.74, 6) is 1.69. The average molecular weight is 463 g/mol. The first-order valence-electron chi connectivity index (χ1n) is 11.5. The summed E-state index contributed by atoms with van der Waals surface area (Å²) in [6.07, 6.45) is 6.79. The fourth-order valence-electron chi connectivity index (χ4n) is 5.90. The van der Waals surface area contributed by atoms with Crippen LogP contribution in [0.4, 0.5) is 0 Å². The molecule has 3 aliphatic carbocycles. The molecule has 6 nitrogen and oxygen atoms in total. The molecule has 1 aliphatic heterocycles. The molecule has 0 N–H and O–H groups in total. The highest BCUT2D eigenvalue weighted by atomic mass is 16.5. The summed E-state index contributed by atoms with van der Waals surface area (Å²) in [6.45, 7) is 0.0821.